The molecular formula is C18H21Cl2N3O2. The third kappa shape index (κ3) is 5.34. The molecule has 0 unspecified atom stereocenters. The van der Waals surface area contributed by atoms with Crippen molar-refractivity contribution in [3.63, 3.8) is 0 Å². The van der Waals surface area contributed by atoms with Gasteiger partial charge in [-0.3, -0.25) is 4.79 Å². The van der Waals surface area contributed by atoms with Crippen molar-refractivity contribution in [3.05, 3.63) is 58.1 Å². The summed E-state index contributed by atoms with van der Waals surface area (Å²) in [6.45, 7) is 1.97. The molecule has 5 nitrogen and oxygen atoms in total. The zero-order valence-corrected chi connectivity index (χ0v) is 15.3. The number of carbonyl (C=O) groups excluding carboxylic acids is 1. The van der Waals surface area contributed by atoms with Crippen molar-refractivity contribution < 1.29 is 9.53 Å². The number of hydrogen-bond acceptors (Lipinski definition) is 5. The fraction of sp³-hybridized carbons (Fsp3) is 0.278. The van der Waals surface area contributed by atoms with Crippen molar-refractivity contribution in [2.75, 3.05) is 11.9 Å². The van der Waals surface area contributed by atoms with Gasteiger partial charge in [0, 0.05) is 12.2 Å². The van der Waals surface area contributed by atoms with Crippen LogP contribution in [0.25, 0.3) is 0 Å². The summed E-state index contributed by atoms with van der Waals surface area (Å²) in [5, 5.41) is 4.17. The lowest BCUT2D eigenvalue weighted by molar-refractivity contribution is -0.148. The van der Waals surface area contributed by atoms with Crippen LogP contribution in [-0.4, -0.2) is 24.7 Å². The molecule has 0 bridgehead atoms. The van der Waals surface area contributed by atoms with Gasteiger partial charge in [0.1, 0.15) is 6.10 Å². The predicted octanol–water partition coefficient (Wildman–Crippen LogP) is 3.50. The van der Waals surface area contributed by atoms with Crippen LogP contribution in [-0.2, 0) is 16.0 Å². The van der Waals surface area contributed by atoms with Crippen LogP contribution in [0.4, 0.5) is 11.4 Å². The first kappa shape index (κ1) is 19.5. The summed E-state index contributed by atoms with van der Waals surface area (Å²) in [4.78, 5) is 12.2. The van der Waals surface area contributed by atoms with E-state index < -0.39 is 6.10 Å². The van der Waals surface area contributed by atoms with Gasteiger partial charge in [-0.15, -0.1) is 0 Å². The summed E-state index contributed by atoms with van der Waals surface area (Å²) in [5.74, 6) is -0.379. The largest absolute Gasteiger partial charge is 0.461 e. The number of ether oxygens (including phenoxy) is 1. The molecule has 0 aliphatic heterocycles. The number of esters is 1. The van der Waals surface area contributed by atoms with E-state index in [1.807, 2.05) is 24.3 Å². The van der Waals surface area contributed by atoms with Gasteiger partial charge >= 0.3 is 5.97 Å². The minimum Gasteiger partial charge on any atom is -0.461 e. The highest BCUT2D eigenvalue weighted by atomic mass is 35.5. The molecule has 0 saturated carbocycles. The van der Waals surface area contributed by atoms with E-state index >= 15 is 0 Å². The van der Waals surface area contributed by atoms with Crippen LogP contribution in [0.3, 0.4) is 0 Å². The first-order valence-corrected chi connectivity index (χ1v) is 8.62. The molecule has 7 heteroatoms. The Morgan fingerprint density at radius 3 is 2.44 bits per heavy atom. The fourth-order valence-corrected chi connectivity index (χ4v) is 2.72. The minimum atomic E-state index is -0.448. The first-order valence-electron chi connectivity index (χ1n) is 7.86. The number of anilines is 2. The highest BCUT2D eigenvalue weighted by Gasteiger charge is 2.17. The van der Waals surface area contributed by atoms with E-state index in [0.717, 1.165) is 11.3 Å². The molecule has 0 radical (unpaired) electrons. The molecule has 0 amide bonds. The van der Waals surface area contributed by atoms with E-state index in [1.54, 1.807) is 25.1 Å². The topological polar surface area (TPSA) is 90.4 Å². The number of nitrogens with two attached hydrogens (primary N) is 2. The molecule has 2 rings (SSSR count). The Labute approximate surface area is 157 Å². The highest BCUT2D eigenvalue weighted by molar-refractivity contribution is 6.39. The molecule has 0 heterocycles. The maximum absolute atomic E-state index is 12.2. The van der Waals surface area contributed by atoms with Crippen molar-refractivity contribution in [1.29, 1.82) is 0 Å². The summed E-state index contributed by atoms with van der Waals surface area (Å²) < 4.78 is 5.34. The average molecular weight is 382 g/mol. The van der Waals surface area contributed by atoms with Crippen LogP contribution < -0.4 is 16.8 Å². The fourth-order valence-electron chi connectivity index (χ4n) is 2.23. The first-order chi connectivity index (χ1) is 11.9. The third-order valence-electron chi connectivity index (χ3n) is 3.77. The summed E-state index contributed by atoms with van der Waals surface area (Å²) in [5.41, 5.74) is 13.3. The molecule has 25 heavy (non-hydrogen) atoms. The number of benzene rings is 2. The molecule has 0 fully saturated rings. The lowest BCUT2D eigenvalue weighted by atomic mass is 10.1. The van der Waals surface area contributed by atoms with Crippen molar-refractivity contribution in [3.8, 4) is 0 Å². The Bertz CT molecular complexity index is 720. The predicted molar refractivity (Wildman–Crippen MR) is 102 cm³/mol. The van der Waals surface area contributed by atoms with Gasteiger partial charge in [0.2, 0.25) is 0 Å². The van der Waals surface area contributed by atoms with E-state index in [0.29, 0.717) is 15.7 Å². The van der Waals surface area contributed by atoms with Crippen molar-refractivity contribution >= 4 is 40.5 Å². The van der Waals surface area contributed by atoms with Crippen molar-refractivity contribution in [1.82, 2.24) is 0 Å². The number of para-hydroxylation sites is 2. The third-order valence-corrected chi connectivity index (χ3v) is 4.40. The molecule has 2 atom stereocenters. The summed E-state index contributed by atoms with van der Waals surface area (Å²) in [7, 11) is 0. The van der Waals surface area contributed by atoms with Gasteiger partial charge in [0.25, 0.3) is 0 Å². The highest BCUT2D eigenvalue weighted by Crippen LogP contribution is 2.33. The molecule has 2 aromatic rings. The van der Waals surface area contributed by atoms with E-state index in [2.05, 4.69) is 5.32 Å². The van der Waals surface area contributed by atoms with Crippen molar-refractivity contribution in [2.45, 2.75) is 25.5 Å². The Hall–Kier alpha value is -1.79. The maximum atomic E-state index is 12.2. The number of carbonyl (C=O) groups is 1. The van der Waals surface area contributed by atoms with Crippen LogP contribution in [0, 0.1) is 0 Å². The number of halogens is 2. The Kier molecular flexibility index (Phi) is 7.08. The van der Waals surface area contributed by atoms with Gasteiger partial charge < -0.3 is 21.5 Å². The summed E-state index contributed by atoms with van der Waals surface area (Å²) in [6, 6.07) is 12.2. The quantitative estimate of drug-likeness (QED) is 0.638. The van der Waals surface area contributed by atoms with E-state index in [1.165, 1.54) is 0 Å². The number of rotatable bonds is 7. The smallest absolute Gasteiger partial charge is 0.310 e. The van der Waals surface area contributed by atoms with Crippen LogP contribution in [0.15, 0.2) is 42.5 Å². The zero-order valence-electron chi connectivity index (χ0n) is 13.8. The van der Waals surface area contributed by atoms with Crippen LogP contribution in [0.5, 0.6) is 0 Å². The Morgan fingerprint density at radius 2 is 1.80 bits per heavy atom. The van der Waals surface area contributed by atoms with Gasteiger partial charge in [-0.05, 0) is 30.7 Å². The van der Waals surface area contributed by atoms with E-state index in [-0.39, 0.29) is 25.0 Å². The molecule has 0 aromatic heterocycles. The second-order valence-corrected chi connectivity index (χ2v) is 6.46. The molecule has 5 N–H and O–H groups in total. The Morgan fingerprint density at radius 1 is 1.16 bits per heavy atom. The monoisotopic (exact) mass is 381 g/mol. The molecule has 0 aliphatic rings. The normalized spacial score (nSPS) is 13.2. The second kappa shape index (κ2) is 9.06. The number of hydrogen-bond donors (Lipinski definition) is 3. The summed E-state index contributed by atoms with van der Waals surface area (Å²) >= 11 is 12.4. The lowest BCUT2D eigenvalue weighted by Gasteiger charge is -2.19. The zero-order chi connectivity index (χ0) is 18.4. The minimum absolute atomic E-state index is 0.0902. The van der Waals surface area contributed by atoms with Crippen LogP contribution in [0.1, 0.15) is 12.5 Å². The molecular weight excluding hydrogens is 361 g/mol. The van der Waals surface area contributed by atoms with Gasteiger partial charge in [0.05, 0.1) is 28.2 Å². The van der Waals surface area contributed by atoms with Gasteiger partial charge in [0.15, 0.2) is 0 Å². The van der Waals surface area contributed by atoms with Crippen LogP contribution in [0.2, 0.25) is 10.0 Å². The Balaban J connectivity index is 2.14. The summed E-state index contributed by atoms with van der Waals surface area (Å²) in [6.07, 6.45) is -0.358. The standard InChI is InChI=1S/C18H21Cl2N3O2/c1-11(15(22)10-21)25-17(24)9-12-5-2-3-8-16(12)23-18-13(19)6-4-7-14(18)20/h2-8,11,15,23H,9-10,21-22H2,1H3/t11-,15-/m1/s1. The van der Waals surface area contributed by atoms with Gasteiger partial charge in [-0.1, -0.05) is 47.5 Å². The SMILES string of the molecule is C[C@@H](OC(=O)Cc1ccccc1Nc1c(Cl)cccc1Cl)[C@H](N)CN. The molecule has 0 spiro atoms. The van der Waals surface area contributed by atoms with Crippen LogP contribution >= 0.6 is 23.2 Å². The van der Waals surface area contributed by atoms with E-state index in [4.69, 9.17) is 39.4 Å². The lowest BCUT2D eigenvalue weighted by Crippen LogP contribution is -2.42. The van der Waals surface area contributed by atoms with Gasteiger partial charge in [-0.2, -0.15) is 0 Å². The maximum Gasteiger partial charge on any atom is 0.310 e. The van der Waals surface area contributed by atoms with E-state index in [9.17, 15) is 4.79 Å². The second-order valence-electron chi connectivity index (χ2n) is 5.65. The van der Waals surface area contributed by atoms with Crippen molar-refractivity contribution in [2.24, 2.45) is 11.5 Å². The number of nitrogens with one attached hydrogen (secondary N) is 1. The molecule has 2 aromatic carbocycles. The molecule has 0 saturated heterocycles. The molecule has 134 valence electrons. The molecule has 0 aliphatic carbocycles. The van der Waals surface area contributed by atoms with Gasteiger partial charge in [-0.25, -0.2) is 0 Å². The average Bonchev–Trinajstić information content (AvgIpc) is 2.58.